The number of hydrogen-bond donors (Lipinski definition) is 1. The average molecular weight is 316 g/mol. The third-order valence-electron chi connectivity index (χ3n) is 3.49. The van der Waals surface area contributed by atoms with Gasteiger partial charge in [-0.1, -0.05) is 44.2 Å². The van der Waals surface area contributed by atoms with Gasteiger partial charge in [0.2, 0.25) is 0 Å². The number of carbonyl (C=O) groups is 1. The van der Waals surface area contributed by atoms with Crippen LogP contribution in [0.3, 0.4) is 0 Å². The lowest BCUT2D eigenvalue weighted by Crippen LogP contribution is -2.28. The van der Waals surface area contributed by atoms with Crippen molar-refractivity contribution in [3.8, 4) is 0 Å². The Balaban J connectivity index is 2.32. The van der Waals surface area contributed by atoms with Crippen LogP contribution in [-0.2, 0) is 4.74 Å². The van der Waals surface area contributed by atoms with Crippen LogP contribution >= 0.6 is 0 Å². The fourth-order valence-electron chi connectivity index (χ4n) is 2.39. The van der Waals surface area contributed by atoms with Gasteiger partial charge in [-0.2, -0.15) is 0 Å². The number of nitro benzene ring substituents is 1. The highest BCUT2D eigenvalue weighted by Crippen LogP contribution is 2.33. The summed E-state index contributed by atoms with van der Waals surface area (Å²) < 4.78 is 5.36. The molecule has 0 heterocycles. The number of ether oxygens (including phenoxy) is 1. The summed E-state index contributed by atoms with van der Waals surface area (Å²) in [6.45, 7) is 6.19. The summed E-state index contributed by atoms with van der Waals surface area (Å²) in [5.74, 6) is 0.316. The molecular formula is C17H20N2O4. The van der Waals surface area contributed by atoms with Gasteiger partial charge >= 0.3 is 6.09 Å². The molecule has 0 bridgehead atoms. The molecule has 1 unspecified atom stereocenters. The van der Waals surface area contributed by atoms with E-state index in [2.05, 4.69) is 5.32 Å². The topological polar surface area (TPSA) is 81.5 Å². The van der Waals surface area contributed by atoms with Crippen LogP contribution in [0.25, 0.3) is 10.8 Å². The van der Waals surface area contributed by atoms with E-state index in [1.807, 2.05) is 13.8 Å². The van der Waals surface area contributed by atoms with E-state index in [4.69, 9.17) is 4.74 Å². The lowest BCUT2D eigenvalue weighted by atomic mass is 9.99. The van der Waals surface area contributed by atoms with Gasteiger partial charge in [-0.05, 0) is 18.2 Å². The summed E-state index contributed by atoms with van der Waals surface area (Å²) in [5, 5.41) is 15.2. The zero-order chi connectivity index (χ0) is 17.0. The van der Waals surface area contributed by atoms with Crippen molar-refractivity contribution in [2.75, 3.05) is 6.54 Å². The Labute approximate surface area is 134 Å². The third-order valence-corrected chi connectivity index (χ3v) is 3.49. The van der Waals surface area contributed by atoms with Crippen molar-refractivity contribution in [1.82, 2.24) is 5.32 Å². The molecule has 2 aromatic rings. The van der Waals surface area contributed by atoms with E-state index in [1.165, 1.54) is 6.07 Å². The van der Waals surface area contributed by atoms with Crippen LogP contribution in [0.5, 0.6) is 0 Å². The summed E-state index contributed by atoms with van der Waals surface area (Å²) in [6.07, 6.45) is -1.12. The van der Waals surface area contributed by atoms with Gasteiger partial charge in [-0.15, -0.1) is 0 Å². The Bertz CT molecular complexity index is 722. The SMILES string of the molecule is CC(C)CNC(=O)OC(C)c1cccc2cccc([N+](=O)[O-])c12. The molecule has 0 aliphatic rings. The van der Waals surface area contributed by atoms with Crippen LogP contribution in [0.4, 0.5) is 10.5 Å². The van der Waals surface area contributed by atoms with Gasteiger partial charge in [0.05, 0.1) is 10.3 Å². The third kappa shape index (κ3) is 3.97. The summed E-state index contributed by atoms with van der Waals surface area (Å²) >= 11 is 0. The van der Waals surface area contributed by atoms with Gasteiger partial charge < -0.3 is 10.1 Å². The number of nitrogens with one attached hydrogen (secondary N) is 1. The summed E-state index contributed by atoms with van der Waals surface area (Å²) in [6, 6.07) is 10.3. The average Bonchev–Trinajstić information content (AvgIpc) is 2.51. The first-order chi connectivity index (χ1) is 10.9. The van der Waals surface area contributed by atoms with E-state index in [1.54, 1.807) is 37.3 Å². The van der Waals surface area contributed by atoms with Crippen LogP contribution in [0, 0.1) is 16.0 Å². The molecule has 122 valence electrons. The van der Waals surface area contributed by atoms with Crippen molar-refractivity contribution < 1.29 is 14.5 Å². The summed E-state index contributed by atoms with van der Waals surface area (Å²) in [7, 11) is 0. The second kappa shape index (κ2) is 7.09. The highest BCUT2D eigenvalue weighted by atomic mass is 16.6. The quantitative estimate of drug-likeness (QED) is 0.662. The molecule has 0 spiro atoms. The van der Waals surface area contributed by atoms with Gasteiger partial charge in [0, 0.05) is 18.2 Å². The van der Waals surface area contributed by atoms with E-state index in [9.17, 15) is 14.9 Å². The molecule has 0 fully saturated rings. The van der Waals surface area contributed by atoms with E-state index < -0.39 is 17.1 Å². The maximum atomic E-state index is 11.8. The Hall–Kier alpha value is -2.63. The molecule has 2 aromatic carbocycles. The lowest BCUT2D eigenvalue weighted by Gasteiger charge is -2.17. The number of carbonyl (C=O) groups excluding carboxylic acids is 1. The Morgan fingerprint density at radius 2 is 1.87 bits per heavy atom. The molecule has 1 atom stereocenters. The molecule has 0 aliphatic heterocycles. The molecule has 0 saturated heterocycles. The van der Waals surface area contributed by atoms with Crippen molar-refractivity contribution in [3.05, 3.63) is 52.1 Å². The number of nitrogens with zero attached hydrogens (tertiary/aromatic N) is 1. The van der Waals surface area contributed by atoms with Crippen LogP contribution in [-0.4, -0.2) is 17.6 Å². The number of hydrogen-bond acceptors (Lipinski definition) is 4. The fraction of sp³-hybridized carbons (Fsp3) is 0.353. The second-order valence-electron chi connectivity index (χ2n) is 5.80. The Morgan fingerprint density at radius 1 is 1.22 bits per heavy atom. The molecule has 2 rings (SSSR count). The maximum Gasteiger partial charge on any atom is 0.407 e. The molecule has 6 heteroatoms. The van der Waals surface area contributed by atoms with E-state index in [0.717, 1.165) is 5.39 Å². The Kier molecular flexibility index (Phi) is 5.16. The maximum absolute atomic E-state index is 11.8. The monoisotopic (exact) mass is 316 g/mol. The minimum atomic E-state index is -0.591. The van der Waals surface area contributed by atoms with E-state index in [0.29, 0.717) is 23.4 Å². The number of benzene rings is 2. The molecule has 0 aliphatic carbocycles. The second-order valence-corrected chi connectivity index (χ2v) is 5.80. The molecule has 0 aromatic heterocycles. The summed E-state index contributed by atoms with van der Waals surface area (Å²) in [4.78, 5) is 22.7. The van der Waals surface area contributed by atoms with Crippen molar-refractivity contribution in [2.24, 2.45) is 5.92 Å². The molecule has 0 radical (unpaired) electrons. The predicted octanol–water partition coefficient (Wildman–Crippen LogP) is 4.19. The van der Waals surface area contributed by atoms with Crippen LogP contribution in [0.2, 0.25) is 0 Å². The molecule has 6 nitrogen and oxygen atoms in total. The number of fused-ring (bicyclic) bond motifs is 1. The van der Waals surface area contributed by atoms with Crippen LogP contribution in [0.15, 0.2) is 36.4 Å². The van der Waals surface area contributed by atoms with Crippen molar-refractivity contribution in [1.29, 1.82) is 0 Å². The van der Waals surface area contributed by atoms with Gasteiger partial charge in [0.1, 0.15) is 6.10 Å². The highest BCUT2D eigenvalue weighted by Gasteiger charge is 2.20. The number of alkyl carbamates (subject to hydrolysis) is 1. The number of nitro groups is 1. The van der Waals surface area contributed by atoms with Crippen LogP contribution < -0.4 is 5.32 Å². The number of non-ortho nitro benzene ring substituents is 1. The number of rotatable bonds is 5. The van der Waals surface area contributed by atoms with Gasteiger partial charge in [-0.3, -0.25) is 10.1 Å². The van der Waals surface area contributed by atoms with Gasteiger partial charge in [0.25, 0.3) is 5.69 Å². The standard InChI is InChI=1S/C17H20N2O4/c1-11(2)10-18-17(20)23-12(3)14-8-4-6-13-7-5-9-15(16(13)14)19(21)22/h4-9,11-12H,10H2,1-3H3,(H,18,20). The first-order valence-electron chi connectivity index (χ1n) is 7.50. The van der Waals surface area contributed by atoms with Gasteiger partial charge in [-0.25, -0.2) is 4.79 Å². The molecule has 1 amide bonds. The lowest BCUT2D eigenvalue weighted by molar-refractivity contribution is -0.383. The Morgan fingerprint density at radius 3 is 2.48 bits per heavy atom. The molecule has 1 N–H and O–H groups in total. The smallest absolute Gasteiger partial charge is 0.407 e. The molecule has 0 saturated carbocycles. The van der Waals surface area contributed by atoms with Gasteiger partial charge in [0.15, 0.2) is 0 Å². The van der Waals surface area contributed by atoms with Crippen molar-refractivity contribution in [3.63, 3.8) is 0 Å². The summed E-state index contributed by atoms with van der Waals surface area (Å²) in [5.41, 5.74) is 0.630. The van der Waals surface area contributed by atoms with E-state index >= 15 is 0 Å². The first-order valence-corrected chi connectivity index (χ1v) is 7.50. The minimum absolute atomic E-state index is 0.0103. The zero-order valence-corrected chi connectivity index (χ0v) is 13.4. The first kappa shape index (κ1) is 16.7. The normalized spacial score (nSPS) is 12.2. The highest BCUT2D eigenvalue weighted by molar-refractivity contribution is 5.94. The largest absolute Gasteiger partial charge is 0.442 e. The minimum Gasteiger partial charge on any atom is -0.442 e. The molecular weight excluding hydrogens is 296 g/mol. The predicted molar refractivity (Wildman–Crippen MR) is 88.3 cm³/mol. The van der Waals surface area contributed by atoms with Crippen LogP contribution in [0.1, 0.15) is 32.4 Å². The van der Waals surface area contributed by atoms with Crippen molar-refractivity contribution >= 4 is 22.6 Å². The van der Waals surface area contributed by atoms with Crippen molar-refractivity contribution in [2.45, 2.75) is 26.9 Å². The van der Waals surface area contributed by atoms with E-state index in [-0.39, 0.29) is 5.69 Å². The number of amides is 1. The molecule has 23 heavy (non-hydrogen) atoms. The fourth-order valence-corrected chi connectivity index (χ4v) is 2.39. The zero-order valence-electron chi connectivity index (χ0n) is 13.4.